The molecule has 0 aliphatic carbocycles. The first kappa shape index (κ1) is 28.6. The highest BCUT2D eigenvalue weighted by Crippen LogP contribution is 2.40. The maximum absolute atomic E-state index is 14.5. The first-order valence-electron chi connectivity index (χ1n) is 12.3. The Morgan fingerprint density at radius 1 is 1.17 bits per heavy atom. The van der Waals surface area contributed by atoms with Crippen LogP contribution in [0.5, 0.6) is 5.75 Å². The van der Waals surface area contributed by atoms with Crippen molar-refractivity contribution >= 4 is 39.0 Å². The number of hydrogen-bond donors (Lipinski definition) is 1. The molecule has 0 fully saturated rings. The van der Waals surface area contributed by atoms with Gasteiger partial charge in [-0.2, -0.15) is 18.4 Å². The van der Waals surface area contributed by atoms with Crippen LogP contribution in [0.15, 0.2) is 65.6 Å². The van der Waals surface area contributed by atoms with E-state index in [-0.39, 0.29) is 28.6 Å². The molecule has 5 rings (SSSR count). The van der Waals surface area contributed by atoms with Gasteiger partial charge in [-0.3, -0.25) is 4.31 Å². The van der Waals surface area contributed by atoms with Crippen molar-refractivity contribution in [3.63, 3.8) is 0 Å². The molecular weight excluding hydrogens is 586 g/mol. The Bertz CT molecular complexity index is 1690. The third-order valence-electron chi connectivity index (χ3n) is 6.48. The Morgan fingerprint density at radius 2 is 1.95 bits per heavy atom. The molecule has 1 unspecified atom stereocenters. The zero-order valence-electron chi connectivity index (χ0n) is 21.4. The second-order valence-corrected chi connectivity index (χ2v) is 11.6. The Hall–Kier alpha value is -3.97. The molecular formula is C27H22ClF4N5O3S. The van der Waals surface area contributed by atoms with E-state index in [1.54, 1.807) is 31.2 Å². The highest BCUT2D eigenvalue weighted by molar-refractivity contribution is 7.92. The smallest absolute Gasteiger partial charge is 0.416 e. The number of anilines is 1. The lowest BCUT2D eigenvalue weighted by Gasteiger charge is -2.35. The molecule has 0 spiro atoms. The molecule has 1 aromatic heterocycles. The molecule has 3 aromatic carbocycles. The standard InChI is InChI=1S/C27H22ClF4N5O3S/c1-16(26-21(28)6-3-7-22(26)29)12-17-8-10-24-23(13-17)37(15-19(40-24)9-11-25-33-35-36-34-25)41(38,39)20-5-2-4-18(14-20)27(30,31)32/h2-8,10,12-14,19H,9,11,15H2,1H3,(H,33,34,35,36). The lowest BCUT2D eigenvalue weighted by Crippen LogP contribution is -2.43. The molecule has 1 atom stereocenters. The van der Waals surface area contributed by atoms with E-state index in [0.29, 0.717) is 35.9 Å². The van der Waals surface area contributed by atoms with Gasteiger partial charge in [0.15, 0.2) is 5.82 Å². The van der Waals surface area contributed by atoms with Crippen LogP contribution in [-0.4, -0.2) is 41.7 Å². The Kier molecular flexibility index (Phi) is 7.75. The number of nitrogens with zero attached hydrogens (tertiary/aromatic N) is 4. The van der Waals surface area contributed by atoms with E-state index in [4.69, 9.17) is 16.3 Å². The summed E-state index contributed by atoms with van der Waals surface area (Å²) in [5.74, 6) is 0.0869. The van der Waals surface area contributed by atoms with Gasteiger partial charge < -0.3 is 4.74 Å². The van der Waals surface area contributed by atoms with Crippen molar-refractivity contribution < 1.29 is 30.7 Å². The number of hydrogen-bond acceptors (Lipinski definition) is 6. The summed E-state index contributed by atoms with van der Waals surface area (Å²) >= 11 is 6.20. The maximum Gasteiger partial charge on any atom is 0.416 e. The summed E-state index contributed by atoms with van der Waals surface area (Å²) in [4.78, 5) is -0.521. The van der Waals surface area contributed by atoms with Crippen LogP contribution in [-0.2, 0) is 22.6 Å². The third-order valence-corrected chi connectivity index (χ3v) is 8.57. The van der Waals surface area contributed by atoms with Crippen molar-refractivity contribution in [1.82, 2.24) is 20.6 Å². The fraction of sp³-hybridized carbons (Fsp3) is 0.222. The minimum Gasteiger partial charge on any atom is -0.486 e. The van der Waals surface area contributed by atoms with E-state index in [9.17, 15) is 26.0 Å². The Morgan fingerprint density at radius 3 is 2.66 bits per heavy atom. The van der Waals surface area contributed by atoms with Gasteiger partial charge >= 0.3 is 6.18 Å². The number of aromatic amines is 1. The van der Waals surface area contributed by atoms with E-state index in [1.165, 1.54) is 18.2 Å². The molecule has 0 bridgehead atoms. The number of aromatic nitrogens is 4. The predicted molar refractivity (Wildman–Crippen MR) is 144 cm³/mol. The van der Waals surface area contributed by atoms with E-state index in [1.807, 2.05) is 0 Å². The average Bonchev–Trinajstić information content (AvgIpc) is 3.45. The fourth-order valence-electron chi connectivity index (χ4n) is 4.53. The summed E-state index contributed by atoms with van der Waals surface area (Å²) in [6.07, 6.45) is -3.15. The van der Waals surface area contributed by atoms with Crippen molar-refractivity contribution in [2.45, 2.75) is 36.9 Å². The summed E-state index contributed by atoms with van der Waals surface area (Å²) in [6.45, 7) is 1.47. The summed E-state index contributed by atoms with van der Waals surface area (Å²) < 4.78 is 89.5. The van der Waals surface area contributed by atoms with Crippen molar-refractivity contribution in [3.8, 4) is 5.75 Å². The van der Waals surface area contributed by atoms with Crippen LogP contribution in [0.1, 0.15) is 35.9 Å². The molecule has 214 valence electrons. The van der Waals surface area contributed by atoms with E-state index in [0.717, 1.165) is 22.5 Å². The second kappa shape index (κ2) is 11.1. The number of halogens is 5. The minimum atomic E-state index is -4.73. The number of nitrogens with one attached hydrogen (secondary N) is 1. The van der Waals surface area contributed by atoms with Gasteiger partial charge in [0.2, 0.25) is 0 Å². The van der Waals surface area contributed by atoms with Gasteiger partial charge in [0.25, 0.3) is 10.0 Å². The number of allylic oxidation sites excluding steroid dienone is 1. The normalized spacial score (nSPS) is 15.9. The zero-order valence-corrected chi connectivity index (χ0v) is 22.9. The summed E-state index contributed by atoms with van der Waals surface area (Å²) in [5, 5.41) is 13.8. The average molecular weight is 608 g/mol. The number of aryl methyl sites for hydroxylation is 1. The van der Waals surface area contributed by atoms with Crippen LogP contribution in [0.4, 0.5) is 23.2 Å². The summed E-state index contributed by atoms with van der Waals surface area (Å²) in [7, 11) is -4.47. The van der Waals surface area contributed by atoms with Gasteiger partial charge in [0.05, 0.1) is 27.7 Å². The number of tetrazole rings is 1. The number of sulfonamides is 1. The van der Waals surface area contributed by atoms with E-state index >= 15 is 0 Å². The van der Waals surface area contributed by atoms with Crippen LogP contribution in [0.25, 0.3) is 11.6 Å². The monoisotopic (exact) mass is 607 g/mol. The highest BCUT2D eigenvalue weighted by atomic mass is 35.5. The first-order chi connectivity index (χ1) is 19.4. The predicted octanol–water partition coefficient (Wildman–Crippen LogP) is 6.16. The number of alkyl halides is 3. The molecule has 0 radical (unpaired) electrons. The summed E-state index contributed by atoms with van der Waals surface area (Å²) in [5.41, 5.74) is 0.209. The van der Waals surface area contributed by atoms with Crippen molar-refractivity contribution in [1.29, 1.82) is 0 Å². The van der Waals surface area contributed by atoms with Gasteiger partial charge in [0, 0.05) is 12.0 Å². The van der Waals surface area contributed by atoms with Crippen LogP contribution in [0, 0.1) is 5.82 Å². The molecule has 0 saturated heterocycles. The fourth-order valence-corrected chi connectivity index (χ4v) is 6.39. The zero-order chi connectivity index (χ0) is 29.4. The third kappa shape index (κ3) is 6.05. The van der Waals surface area contributed by atoms with Crippen molar-refractivity contribution in [2.24, 2.45) is 0 Å². The molecule has 1 aliphatic rings. The molecule has 1 aliphatic heterocycles. The van der Waals surface area contributed by atoms with Gasteiger partial charge in [-0.15, -0.1) is 10.2 Å². The lowest BCUT2D eigenvalue weighted by molar-refractivity contribution is -0.137. The topological polar surface area (TPSA) is 101 Å². The van der Waals surface area contributed by atoms with E-state index in [2.05, 4.69) is 20.6 Å². The molecule has 8 nitrogen and oxygen atoms in total. The highest BCUT2D eigenvalue weighted by Gasteiger charge is 2.37. The molecule has 1 N–H and O–H groups in total. The van der Waals surface area contributed by atoms with Crippen LogP contribution < -0.4 is 9.04 Å². The maximum atomic E-state index is 14.5. The number of ether oxygens (including phenoxy) is 1. The lowest BCUT2D eigenvalue weighted by atomic mass is 10.0. The molecule has 14 heteroatoms. The molecule has 0 amide bonds. The van der Waals surface area contributed by atoms with Crippen molar-refractivity contribution in [3.05, 3.63) is 94.0 Å². The van der Waals surface area contributed by atoms with Crippen LogP contribution in [0.3, 0.4) is 0 Å². The van der Waals surface area contributed by atoms with Gasteiger partial charge in [-0.05, 0) is 66.9 Å². The minimum absolute atomic E-state index is 0.124. The summed E-state index contributed by atoms with van der Waals surface area (Å²) in [6, 6.07) is 12.6. The quantitative estimate of drug-likeness (QED) is 0.199. The van der Waals surface area contributed by atoms with E-state index < -0.39 is 38.6 Å². The number of fused-ring (bicyclic) bond motifs is 1. The van der Waals surface area contributed by atoms with Gasteiger partial charge in [-0.1, -0.05) is 41.1 Å². The Balaban J connectivity index is 1.56. The van der Waals surface area contributed by atoms with Gasteiger partial charge in [0.1, 0.15) is 17.7 Å². The van der Waals surface area contributed by atoms with Crippen LogP contribution in [0.2, 0.25) is 5.02 Å². The van der Waals surface area contributed by atoms with Crippen LogP contribution >= 0.6 is 11.6 Å². The van der Waals surface area contributed by atoms with Gasteiger partial charge in [-0.25, -0.2) is 12.8 Å². The molecule has 4 aromatic rings. The molecule has 0 saturated carbocycles. The first-order valence-corrected chi connectivity index (χ1v) is 14.1. The number of benzene rings is 3. The number of H-pyrrole nitrogens is 1. The number of rotatable bonds is 7. The second-order valence-electron chi connectivity index (χ2n) is 9.32. The van der Waals surface area contributed by atoms with Crippen molar-refractivity contribution in [2.75, 3.05) is 10.8 Å². The Labute approximate surface area is 237 Å². The molecule has 41 heavy (non-hydrogen) atoms. The molecule has 2 heterocycles. The largest absolute Gasteiger partial charge is 0.486 e. The SMILES string of the molecule is CC(=Cc1ccc2c(c1)N(S(=O)(=O)c1cccc(C(F)(F)F)c1)CC(CCc1nn[nH]n1)O2)c1c(F)cccc1Cl.